The Hall–Kier alpha value is -1.46. The van der Waals surface area contributed by atoms with E-state index in [2.05, 4.69) is 45.1 Å². The second kappa shape index (κ2) is 7.52. The highest BCUT2D eigenvalue weighted by Gasteiger charge is 2.03. The van der Waals surface area contributed by atoms with Crippen molar-refractivity contribution in [3.05, 3.63) is 62.2 Å². The van der Waals surface area contributed by atoms with Crippen LogP contribution in [0.2, 0.25) is 0 Å². The normalized spacial score (nSPS) is 11.0. The fraction of sp³-hybridized carbons (Fsp3) is 0.375. The summed E-state index contributed by atoms with van der Waals surface area (Å²) in [4.78, 5) is 19.0. The maximum atomic E-state index is 11.7. The van der Waals surface area contributed by atoms with Gasteiger partial charge in [0.2, 0.25) is 0 Å². The molecule has 0 unspecified atom stereocenters. The minimum atomic E-state index is -0.0986. The maximum Gasteiger partial charge on any atom is 0.251 e. The van der Waals surface area contributed by atoms with Gasteiger partial charge in [0.1, 0.15) is 5.82 Å². The zero-order chi connectivity index (χ0) is 15.2. The lowest BCUT2D eigenvalue weighted by Gasteiger charge is -2.08. The number of benzene rings is 1. The van der Waals surface area contributed by atoms with E-state index in [-0.39, 0.29) is 5.56 Å². The largest absolute Gasteiger partial charge is 0.311 e. The molecular weight excluding hydrogens is 330 g/mol. The molecule has 1 heterocycles. The first-order valence-electron chi connectivity index (χ1n) is 7.07. The summed E-state index contributed by atoms with van der Waals surface area (Å²) in [6, 6.07) is 9.57. The average molecular weight is 350 g/mol. The highest BCUT2D eigenvalue weighted by atomic mass is 79.9. The molecule has 0 bridgehead atoms. The molecule has 21 heavy (non-hydrogen) atoms. The van der Waals surface area contributed by atoms with E-state index in [0.717, 1.165) is 22.3 Å². The molecule has 2 aromatic rings. The number of rotatable bonds is 6. The van der Waals surface area contributed by atoms with E-state index in [1.807, 2.05) is 24.3 Å². The van der Waals surface area contributed by atoms with Crippen LogP contribution in [0.1, 0.15) is 30.9 Å². The number of aromatic nitrogens is 2. The van der Waals surface area contributed by atoms with Crippen LogP contribution in [0.25, 0.3) is 0 Å². The van der Waals surface area contributed by atoms with E-state index >= 15 is 0 Å². The molecular formula is C16H20BrN3O. The molecule has 0 atom stereocenters. The number of aromatic amines is 1. The molecule has 0 radical (unpaired) electrons. The van der Waals surface area contributed by atoms with Gasteiger partial charge in [-0.1, -0.05) is 41.9 Å². The molecule has 112 valence electrons. The summed E-state index contributed by atoms with van der Waals surface area (Å²) in [6.45, 7) is 5.83. The number of hydrogen-bond acceptors (Lipinski definition) is 3. The van der Waals surface area contributed by atoms with Crippen LogP contribution in [0, 0.1) is 5.92 Å². The van der Waals surface area contributed by atoms with Crippen molar-refractivity contribution < 1.29 is 0 Å². The molecule has 0 aliphatic carbocycles. The van der Waals surface area contributed by atoms with E-state index in [9.17, 15) is 4.79 Å². The van der Waals surface area contributed by atoms with Crippen LogP contribution in [0.15, 0.2) is 39.6 Å². The lowest BCUT2D eigenvalue weighted by Crippen LogP contribution is -2.22. The summed E-state index contributed by atoms with van der Waals surface area (Å²) in [5, 5.41) is 3.31. The van der Waals surface area contributed by atoms with Crippen LogP contribution >= 0.6 is 15.9 Å². The molecule has 4 nitrogen and oxygen atoms in total. The third-order valence-corrected chi connectivity index (χ3v) is 3.52. The Bertz CT molecular complexity index is 635. The molecule has 2 rings (SSSR count). The lowest BCUT2D eigenvalue weighted by atomic mass is 10.1. The van der Waals surface area contributed by atoms with E-state index in [1.54, 1.807) is 6.07 Å². The molecule has 0 saturated carbocycles. The minimum absolute atomic E-state index is 0.0986. The molecule has 0 aliphatic rings. The van der Waals surface area contributed by atoms with Gasteiger partial charge >= 0.3 is 0 Å². The second-order valence-corrected chi connectivity index (χ2v) is 6.43. The molecule has 1 aromatic carbocycles. The summed E-state index contributed by atoms with van der Waals surface area (Å²) >= 11 is 3.41. The van der Waals surface area contributed by atoms with Crippen molar-refractivity contribution in [2.45, 2.75) is 26.8 Å². The molecule has 0 amide bonds. The summed E-state index contributed by atoms with van der Waals surface area (Å²) in [6.07, 6.45) is 0.626. The van der Waals surface area contributed by atoms with E-state index in [1.165, 1.54) is 0 Å². The van der Waals surface area contributed by atoms with Crippen LogP contribution in [0.3, 0.4) is 0 Å². The SMILES string of the molecule is CC(C)CNCc1cc(=O)[nH]c(Cc2ccc(Br)cc2)n1. The van der Waals surface area contributed by atoms with Crippen molar-refractivity contribution in [3.8, 4) is 0 Å². The maximum absolute atomic E-state index is 11.7. The van der Waals surface area contributed by atoms with Crippen molar-refractivity contribution in [2.24, 2.45) is 5.92 Å². The van der Waals surface area contributed by atoms with Crippen molar-refractivity contribution in [2.75, 3.05) is 6.54 Å². The van der Waals surface area contributed by atoms with Gasteiger partial charge in [0.15, 0.2) is 0 Å². The Morgan fingerprint density at radius 2 is 2.00 bits per heavy atom. The standard InChI is InChI=1S/C16H20BrN3O/c1-11(2)9-18-10-14-8-16(21)20-15(19-14)7-12-3-5-13(17)6-4-12/h3-6,8,11,18H,7,9-10H2,1-2H3,(H,19,20,21). The number of nitrogens with one attached hydrogen (secondary N) is 2. The third kappa shape index (κ3) is 5.44. The van der Waals surface area contributed by atoms with Crippen LogP contribution in [0.4, 0.5) is 0 Å². The highest BCUT2D eigenvalue weighted by molar-refractivity contribution is 9.10. The van der Waals surface area contributed by atoms with E-state index in [0.29, 0.717) is 24.7 Å². The summed E-state index contributed by atoms with van der Waals surface area (Å²) in [7, 11) is 0. The fourth-order valence-electron chi connectivity index (χ4n) is 2.02. The van der Waals surface area contributed by atoms with Gasteiger partial charge < -0.3 is 10.3 Å². The van der Waals surface area contributed by atoms with Gasteiger partial charge in [-0.25, -0.2) is 4.98 Å². The van der Waals surface area contributed by atoms with Crippen molar-refractivity contribution >= 4 is 15.9 Å². The van der Waals surface area contributed by atoms with Gasteiger partial charge in [0, 0.05) is 23.5 Å². The second-order valence-electron chi connectivity index (χ2n) is 5.51. The van der Waals surface area contributed by atoms with Gasteiger partial charge in [-0.05, 0) is 30.2 Å². The molecule has 2 N–H and O–H groups in total. The van der Waals surface area contributed by atoms with Gasteiger partial charge in [-0.2, -0.15) is 0 Å². The predicted octanol–water partition coefficient (Wildman–Crippen LogP) is 2.87. The smallest absolute Gasteiger partial charge is 0.251 e. The topological polar surface area (TPSA) is 57.8 Å². The summed E-state index contributed by atoms with van der Waals surface area (Å²) < 4.78 is 1.04. The first-order chi connectivity index (χ1) is 10.0. The first kappa shape index (κ1) is 15.9. The monoisotopic (exact) mass is 349 g/mol. The molecule has 0 fully saturated rings. The Kier molecular flexibility index (Phi) is 5.70. The molecule has 0 saturated heterocycles. The van der Waals surface area contributed by atoms with Crippen molar-refractivity contribution in [1.29, 1.82) is 0 Å². The van der Waals surface area contributed by atoms with Crippen LogP contribution < -0.4 is 10.9 Å². The summed E-state index contributed by atoms with van der Waals surface area (Å²) in [5.74, 6) is 1.28. The lowest BCUT2D eigenvalue weighted by molar-refractivity contribution is 0.547. The number of H-pyrrole nitrogens is 1. The average Bonchev–Trinajstić information content (AvgIpc) is 2.40. The van der Waals surface area contributed by atoms with Gasteiger partial charge in [0.25, 0.3) is 5.56 Å². The minimum Gasteiger partial charge on any atom is -0.311 e. The molecule has 5 heteroatoms. The highest BCUT2D eigenvalue weighted by Crippen LogP contribution is 2.12. The van der Waals surface area contributed by atoms with Crippen molar-refractivity contribution in [3.63, 3.8) is 0 Å². The van der Waals surface area contributed by atoms with Crippen LogP contribution in [-0.4, -0.2) is 16.5 Å². The fourth-order valence-corrected chi connectivity index (χ4v) is 2.29. The van der Waals surface area contributed by atoms with Gasteiger partial charge in [-0.15, -0.1) is 0 Å². The number of nitrogens with zero attached hydrogens (tertiary/aromatic N) is 1. The Morgan fingerprint density at radius 1 is 1.29 bits per heavy atom. The third-order valence-electron chi connectivity index (χ3n) is 2.99. The first-order valence-corrected chi connectivity index (χ1v) is 7.86. The van der Waals surface area contributed by atoms with Gasteiger partial charge in [-0.3, -0.25) is 4.79 Å². The molecule has 0 aliphatic heterocycles. The van der Waals surface area contributed by atoms with E-state index in [4.69, 9.17) is 0 Å². The Morgan fingerprint density at radius 3 is 2.67 bits per heavy atom. The van der Waals surface area contributed by atoms with Crippen molar-refractivity contribution in [1.82, 2.24) is 15.3 Å². The van der Waals surface area contributed by atoms with Crippen LogP contribution in [-0.2, 0) is 13.0 Å². The Labute approximate surface area is 133 Å². The number of hydrogen-bond donors (Lipinski definition) is 2. The molecule has 1 aromatic heterocycles. The van der Waals surface area contributed by atoms with E-state index < -0.39 is 0 Å². The Balaban J connectivity index is 2.07. The predicted molar refractivity (Wildman–Crippen MR) is 88.4 cm³/mol. The summed E-state index contributed by atoms with van der Waals surface area (Å²) in [5.41, 5.74) is 1.80. The quantitative estimate of drug-likeness (QED) is 0.842. The molecule has 0 spiro atoms. The number of halogens is 1. The van der Waals surface area contributed by atoms with Gasteiger partial charge in [0.05, 0.1) is 5.69 Å². The zero-order valence-electron chi connectivity index (χ0n) is 12.3. The zero-order valence-corrected chi connectivity index (χ0v) is 13.9. The van der Waals surface area contributed by atoms with Crippen LogP contribution in [0.5, 0.6) is 0 Å².